The number of thiazole rings is 1. The second-order valence-electron chi connectivity index (χ2n) is 8.43. The van der Waals surface area contributed by atoms with E-state index >= 15 is 0 Å². The normalized spacial score (nSPS) is 13.1. The monoisotopic (exact) mass is 550 g/mol. The Kier molecular flexibility index (Phi) is 10.4. The molecule has 0 saturated heterocycles. The Bertz CT molecular complexity index is 798. The third kappa shape index (κ3) is 8.29. The highest BCUT2D eigenvalue weighted by Gasteiger charge is 2.22. The highest BCUT2D eigenvalue weighted by molar-refractivity contribution is 14.0. The Labute approximate surface area is 200 Å². The van der Waals surface area contributed by atoms with Crippen LogP contribution in [0.15, 0.2) is 22.8 Å². The van der Waals surface area contributed by atoms with Crippen LogP contribution in [0.3, 0.4) is 0 Å². The van der Waals surface area contributed by atoms with Crippen molar-refractivity contribution in [3.63, 3.8) is 0 Å². The largest absolute Gasteiger partial charge is 0.444 e. The molecular formula is C20H35IN6O2S. The van der Waals surface area contributed by atoms with Gasteiger partial charge in [-0.1, -0.05) is 13.8 Å². The van der Waals surface area contributed by atoms with E-state index in [1.807, 2.05) is 50.0 Å². The van der Waals surface area contributed by atoms with Crippen LogP contribution in [-0.4, -0.2) is 58.6 Å². The summed E-state index contributed by atoms with van der Waals surface area (Å²) in [6, 6.07) is 0.0188. The quantitative estimate of drug-likeness (QED) is 0.310. The lowest BCUT2D eigenvalue weighted by Gasteiger charge is -2.28. The SMILES string of the molecule is CN=C(NCc1cn2ccsc2n1)N(C)CCC(NC(=O)OC(C)(C)C)C(C)C.I. The number of imidazole rings is 1. The van der Waals surface area contributed by atoms with Crippen LogP contribution < -0.4 is 10.6 Å². The van der Waals surface area contributed by atoms with Crippen molar-refractivity contribution in [2.45, 2.75) is 59.2 Å². The van der Waals surface area contributed by atoms with E-state index in [9.17, 15) is 4.79 Å². The van der Waals surface area contributed by atoms with Gasteiger partial charge < -0.3 is 20.3 Å². The number of halogens is 1. The number of amides is 1. The summed E-state index contributed by atoms with van der Waals surface area (Å²) in [6.07, 6.45) is 4.43. The number of hydrogen-bond acceptors (Lipinski definition) is 5. The van der Waals surface area contributed by atoms with Gasteiger partial charge >= 0.3 is 6.09 Å². The zero-order valence-corrected chi connectivity index (χ0v) is 22.1. The van der Waals surface area contributed by atoms with Crippen LogP contribution in [0.2, 0.25) is 0 Å². The Balaban J connectivity index is 0.00000450. The Morgan fingerprint density at radius 2 is 2.10 bits per heavy atom. The van der Waals surface area contributed by atoms with Gasteiger partial charge in [0.1, 0.15) is 5.60 Å². The molecule has 0 spiro atoms. The molecule has 0 aromatic carbocycles. The molecule has 1 atom stereocenters. The number of hydrogen-bond donors (Lipinski definition) is 2. The van der Waals surface area contributed by atoms with E-state index in [2.05, 4.69) is 39.4 Å². The number of fused-ring (bicyclic) bond motifs is 1. The van der Waals surface area contributed by atoms with E-state index in [1.165, 1.54) is 0 Å². The van der Waals surface area contributed by atoms with E-state index < -0.39 is 5.60 Å². The van der Waals surface area contributed by atoms with E-state index in [-0.39, 0.29) is 36.1 Å². The first-order chi connectivity index (χ1) is 13.6. The van der Waals surface area contributed by atoms with Gasteiger partial charge in [0.2, 0.25) is 0 Å². The fraction of sp³-hybridized carbons (Fsp3) is 0.650. The van der Waals surface area contributed by atoms with Crippen LogP contribution in [0.1, 0.15) is 46.7 Å². The number of alkyl carbamates (subject to hydrolysis) is 1. The summed E-state index contributed by atoms with van der Waals surface area (Å²) in [7, 11) is 3.76. The number of ether oxygens (including phenoxy) is 1. The molecule has 30 heavy (non-hydrogen) atoms. The highest BCUT2D eigenvalue weighted by atomic mass is 127. The second kappa shape index (κ2) is 11.7. The third-order valence-corrected chi connectivity index (χ3v) is 5.20. The lowest BCUT2D eigenvalue weighted by Crippen LogP contribution is -2.45. The van der Waals surface area contributed by atoms with Crippen LogP contribution >= 0.6 is 35.3 Å². The highest BCUT2D eigenvalue weighted by Crippen LogP contribution is 2.12. The van der Waals surface area contributed by atoms with Crippen molar-refractivity contribution < 1.29 is 9.53 Å². The van der Waals surface area contributed by atoms with E-state index in [0.29, 0.717) is 12.5 Å². The van der Waals surface area contributed by atoms with Gasteiger partial charge in [-0.3, -0.25) is 9.39 Å². The fourth-order valence-corrected chi connectivity index (χ4v) is 3.60. The van der Waals surface area contributed by atoms with Crippen LogP contribution in [0.4, 0.5) is 4.79 Å². The molecule has 2 heterocycles. The Morgan fingerprint density at radius 1 is 1.40 bits per heavy atom. The number of aromatic nitrogens is 2. The molecule has 2 aromatic rings. The van der Waals surface area contributed by atoms with Gasteiger partial charge in [0, 0.05) is 44.5 Å². The molecule has 0 aliphatic carbocycles. The molecule has 2 N–H and O–H groups in total. The van der Waals surface area contributed by atoms with Gasteiger partial charge in [-0.25, -0.2) is 9.78 Å². The first kappa shape index (κ1) is 26.5. The minimum absolute atomic E-state index is 0. The number of nitrogens with zero attached hydrogens (tertiary/aromatic N) is 4. The average molecular weight is 551 g/mol. The number of aliphatic imine (C=N–C) groups is 1. The molecule has 0 fully saturated rings. The molecule has 2 rings (SSSR count). The number of nitrogens with one attached hydrogen (secondary N) is 2. The number of guanidine groups is 1. The summed E-state index contributed by atoms with van der Waals surface area (Å²) in [5.41, 5.74) is 0.466. The van der Waals surface area contributed by atoms with Crippen LogP contribution in [0, 0.1) is 5.92 Å². The molecule has 170 valence electrons. The van der Waals surface area contributed by atoms with E-state index in [1.54, 1.807) is 18.4 Å². The summed E-state index contributed by atoms with van der Waals surface area (Å²) < 4.78 is 7.41. The van der Waals surface area contributed by atoms with Crippen molar-refractivity contribution in [3.8, 4) is 0 Å². The van der Waals surface area contributed by atoms with E-state index in [4.69, 9.17) is 4.74 Å². The predicted molar refractivity (Wildman–Crippen MR) is 134 cm³/mol. The lowest BCUT2D eigenvalue weighted by atomic mass is 10.0. The predicted octanol–water partition coefficient (Wildman–Crippen LogP) is 3.96. The third-order valence-electron chi connectivity index (χ3n) is 4.43. The number of rotatable bonds is 7. The molecule has 1 unspecified atom stereocenters. The Morgan fingerprint density at radius 3 is 2.67 bits per heavy atom. The van der Waals surface area contributed by atoms with Gasteiger partial charge in [0.15, 0.2) is 10.9 Å². The molecule has 2 aromatic heterocycles. The number of carbonyl (C=O) groups is 1. The second-order valence-corrected chi connectivity index (χ2v) is 9.31. The zero-order chi connectivity index (χ0) is 21.6. The molecule has 0 bridgehead atoms. The van der Waals surface area contributed by atoms with Crippen molar-refractivity contribution >= 4 is 52.3 Å². The van der Waals surface area contributed by atoms with Crippen molar-refractivity contribution in [2.75, 3.05) is 20.6 Å². The molecule has 0 aliphatic heterocycles. The molecule has 8 nitrogen and oxygen atoms in total. The van der Waals surface area contributed by atoms with Crippen LogP contribution in [-0.2, 0) is 11.3 Å². The number of carbonyl (C=O) groups excluding carboxylic acids is 1. The maximum absolute atomic E-state index is 12.1. The molecule has 1 amide bonds. The Hall–Kier alpha value is -1.56. The fourth-order valence-electron chi connectivity index (χ4n) is 2.89. The summed E-state index contributed by atoms with van der Waals surface area (Å²) in [6.45, 7) is 11.1. The van der Waals surface area contributed by atoms with E-state index in [0.717, 1.165) is 29.6 Å². The molecule has 0 aliphatic rings. The average Bonchev–Trinajstić information content (AvgIpc) is 3.18. The summed E-state index contributed by atoms with van der Waals surface area (Å²) in [5, 5.41) is 8.37. The van der Waals surface area contributed by atoms with Crippen LogP contribution in [0.25, 0.3) is 4.96 Å². The van der Waals surface area contributed by atoms with Gasteiger partial charge in [-0.05, 0) is 33.1 Å². The van der Waals surface area contributed by atoms with Crippen molar-refractivity contribution in [2.24, 2.45) is 10.9 Å². The molecule has 10 heteroatoms. The van der Waals surface area contributed by atoms with Gasteiger partial charge in [0.25, 0.3) is 0 Å². The minimum Gasteiger partial charge on any atom is -0.444 e. The van der Waals surface area contributed by atoms with Crippen molar-refractivity contribution in [1.82, 2.24) is 24.9 Å². The van der Waals surface area contributed by atoms with Crippen molar-refractivity contribution in [1.29, 1.82) is 0 Å². The molecule has 0 saturated carbocycles. The topological polar surface area (TPSA) is 83.3 Å². The maximum atomic E-state index is 12.1. The van der Waals surface area contributed by atoms with Crippen LogP contribution in [0.5, 0.6) is 0 Å². The lowest BCUT2D eigenvalue weighted by molar-refractivity contribution is 0.0486. The maximum Gasteiger partial charge on any atom is 0.407 e. The summed E-state index contributed by atoms with van der Waals surface area (Å²) in [4.78, 5) is 24.1. The first-order valence-corrected chi connectivity index (χ1v) is 10.8. The van der Waals surface area contributed by atoms with Gasteiger partial charge in [-0.2, -0.15) is 0 Å². The smallest absolute Gasteiger partial charge is 0.407 e. The summed E-state index contributed by atoms with van der Waals surface area (Å²) in [5.74, 6) is 1.09. The first-order valence-electron chi connectivity index (χ1n) is 9.91. The van der Waals surface area contributed by atoms with Gasteiger partial charge in [0.05, 0.1) is 12.2 Å². The molecule has 0 radical (unpaired) electrons. The standard InChI is InChI=1S/C20H34N6O2S.HI/c1-14(2)16(24-19(27)28-20(3,4)5)8-9-25(7)17(21-6)22-12-15-13-26-10-11-29-18(26)23-15;/h10-11,13-14,16H,8-9,12H2,1-7H3,(H,21,22)(H,24,27);1H. The zero-order valence-electron chi connectivity index (χ0n) is 18.9. The van der Waals surface area contributed by atoms with Gasteiger partial charge in [-0.15, -0.1) is 35.3 Å². The van der Waals surface area contributed by atoms with Crippen molar-refractivity contribution in [3.05, 3.63) is 23.5 Å². The minimum atomic E-state index is -0.504. The molecular weight excluding hydrogens is 515 g/mol. The summed E-state index contributed by atoms with van der Waals surface area (Å²) >= 11 is 1.62.